The van der Waals surface area contributed by atoms with Crippen LogP contribution in [0.5, 0.6) is 0 Å². The van der Waals surface area contributed by atoms with Gasteiger partial charge in [0.25, 0.3) is 0 Å². The summed E-state index contributed by atoms with van der Waals surface area (Å²) >= 11 is 0. The number of aliphatic hydroxyl groups excluding tert-OH is 2. The molecule has 4 aliphatic rings. The summed E-state index contributed by atoms with van der Waals surface area (Å²) in [4.78, 5) is 12.1. The molecule has 2 aliphatic carbocycles. The largest absolute Gasteiger partial charge is 0.456 e. The first-order valence-corrected chi connectivity index (χ1v) is 8.95. The van der Waals surface area contributed by atoms with Crippen LogP contribution in [0.15, 0.2) is 23.8 Å². The lowest BCUT2D eigenvalue weighted by molar-refractivity contribution is -0.229. The fourth-order valence-electron chi connectivity index (χ4n) is 5.52. The van der Waals surface area contributed by atoms with Crippen molar-refractivity contribution in [2.75, 3.05) is 13.2 Å². The van der Waals surface area contributed by atoms with Gasteiger partial charge in [0.1, 0.15) is 23.9 Å². The van der Waals surface area contributed by atoms with Crippen LogP contribution in [0.25, 0.3) is 0 Å². The predicted molar refractivity (Wildman–Crippen MR) is 88.7 cm³/mol. The highest BCUT2D eigenvalue weighted by Gasteiger charge is 2.85. The number of rotatable bonds is 3. The summed E-state index contributed by atoms with van der Waals surface area (Å²) < 4.78 is 17.8. The first-order valence-electron chi connectivity index (χ1n) is 8.95. The lowest BCUT2D eigenvalue weighted by Gasteiger charge is -2.57. The number of carbonyl (C=O) groups excluding carboxylic acids is 1. The van der Waals surface area contributed by atoms with E-state index in [0.29, 0.717) is 13.0 Å². The zero-order chi connectivity index (χ0) is 18.0. The minimum Gasteiger partial charge on any atom is -0.456 e. The molecule has 0 radical (unpaired) electrons. The van der Waals surface area contributed by atoms with Gasteiger partial charge in [-0.05, 0) is 26.7 Å². The molecular formula is C19H26O6. The van der Waals surface area contributed by atoms with E-state index in [-0.39, 0.29) is 12.7 Å². The van der Waals surface area contributed by atoms with E-state index in [0.717, 1.165) is 6.42 Å². The molecule has 25 heavy (non-hydrogen) atoms. The van der Waals surface area contributed by atoms with E-state index in [9.17, 15) is 15.0 Å². The van der Waals surface area contributed by atoms with Crippen LogP contribution in [0.3, 0.4) is 0 Å². The molecule has 4 rings (SSSR count). The highest BCUT2D eigenvalue weighted by atomic mass is 16.7. The minimum absolute atomic E-state index is 0.111. The second-order valence-corrected chi connectivity index (χ2v) is 8.03. The van der Waals surface area contributed by atoms with Crippen molar-refractivity contribution in [3.8, 4) is 0 Å². The van der Waals surface area contributed by atoms with Gasteiger partial charge < -0.3 is 24.4 Å². The second kappa shape index (κ2) is 5.39. The van der Waals surface area contributed by atoms with Crippen molar-refractivity contribution in [1.29, 1.82) is 0 Å². The third-order valence-electron chi connectivity index (χ3n) is 7.08. The number of fused-ring (bicyclic) bond motifs is 2. The predicted octanol–water partition coefficient (Wildman–Crippen LogP) is 1.11. The third-order valence-corrected chi connectivity index (χ3v) is 7.08. The number of ether oxygens (including phenoxy) is 3. The first kappa shape index (κ1) is 17.2. The van der Waals surface area contributed by atoms with Crippen LogP contribution >= 0.6 is 0 Å². The van der Waals surface area contributed by atoms with E-state index in [1.165, 1.54) is 11.6 Å². The molecular weight excluding hydrogens is 324 g/mol. The number of hydrogen-bond acceptors (Lipinski definition) is 6. The number of aliphatic hydroxyl groups is 2. The van der Waals surface area contributed by atoms with Gasteiger partial charge in [-0.3, -0.25) is 0 Å². The zero-order valence-corrected chi connectivity index (χ0v) is 14.9. The van der Waals surface area contributed by atoms with Crippen molar-refractivity contribution in [2.45, 2.75) is 63.6 Å². The molecule has 2 aliphatic heterocycles. The van der Waals surface area contributed by atoms with Crippen molar-refractivity contribution < 1.29 is 29.2 Å². The Balaban J connectivity index is 1.83. The number of esters is 1. The SMILES string of the molecule is C/C=C/C(=O)O[C@@H]1[C@@H](O)C2O[C@@H]3C=C(C)CC[C@]3(CO)[C@]1(C)C21CO1. The van der Waals surface area contributed by atoms with Gasteiger partial charge in [0.15, 0.2) is 0 Å². The molecule has 0 amide bonds. The molecule has 3 fully saturated rings. The molecule has 2 saturated heterocycles. The van der Waals surface area contributed by atoms with Crippen LogP contribution in [-0.2, 0) is 19.0 Å². The van der Waals surface area contributed by atoms with Gasteiger partial charge in [0.05, 0.1) is 24.7 Å². The van der Waals surface area contributed by atoms with Gasteiger partial charge in [0, 0.05) is 11.5 Å². The van der Waals surface area contributed by atoms with E-state index in [1.54, 1.807) is 13.0 Å². The monoisotopic (exact) mass is 350 g/mol. The third kappa shape index (κ3) is 1.91. The quantitative estimate of drug-likeness (QED) is 0.343. The van der Waals surface area contributed by atoms with Crippen LogP contribution in [0.1, 0.15) is 33.6 Å². The molecule has 7 atom stereocenters. The smallest absolute Gasteiger partial charge is 0.330 e. The summed E-state index contributed by atoms with van der Waals surface area (Å²) in [7, 11) is 0. The molecule has 0 aromatic carbocycles. The molecule has 6 nitrogen and oxygen atoms in total. The Hall–Kier alpha value is -1.21. The maximum Gasteiger partial charge on any atom is 0.330 e. The topological polar surface area (TPSA) is 88.5 Å². The van der Waals surface area contributed by atoms with Gasteiger partial charge in [-0.25, -0.2) is 4.79 Å². The molecule has 2 unspecified atom stereocenters. The average molecular weight is 350 g/mol. The fraction of sp³-hybridized carbons (Fsp3) is 0.737. The molecule has 0 aromatic heterocycles. The van der Waals surface area contributed by atoms with Gasteiger partial charge in [0.2, 0.25) is 0 Å². The highest BCUT2D eigenvalue weighted by molar-refractivity contribution is 5.82. The second-order valence-electron chi connectivity index (χ2n) is 8.03. The Morgan fingerprint density at radius 1 is 1.52 bits per heavy atom. The standard InChI is InChI=1S/C19H26O6/c1-4-5-13(21)25-15-14(22)16-19(10-23-19)17(15,3)18(9-20)7-6-11(2)8-12(18)24-16/h4-5,8,12,14-16,20,22H,6-7,9-10H2,1-3H3/b5-4+/t12-,14-,15-,16?,17-,18-,19?/m1/s1. The van der Waals surface area contributed by atoms with Crippen LogP contribution in [-0.4, -0.2) is 59.4 Å². The Morgan fingerprint density at radius 3 is 2.84 bits per heavy atom. The normalized spacial score (nSPS) is 50.7. The summed E-state index contributed by atoms with van der Waals surface area (Å²) in [6.07, 6.45) is 3.88. The summed E-state index contributed by atoms with van der Waals surface area (Å²) in [5.74, 6) is -0.497. The Kier molecular flexibility index (Phi) is 3.71. The molecule has 138 valence electrons. The molecule has 2 N–H and O–H groups in total. The molecule has 1 spiro atoms. The van der Waals surface area contributed by atoms with Gasteiger partial charge in [-0.2, -0.15) is 0 Å². The molecule has 2 bridgehead atoms. The van der Waals surface area contributed by atoms with E-state index in [2.05, 4.69) is 0 Å². The molecule has 0 aromatic rings. The average Bonchev–Trinajstić information content (AvgIpc) is 3.36. The van der Waals surface area contributed by atoms with Gasteiger partial charge >= 0.3 is 5.97 Å². The van der Waals surface area contributed by atoms with Crippen LogP contribution < -0.4 is 0 Å². The summed E-state index contributed by atoms with van der Waals surface area (Å²) in [6, 6.07) is 0. The molecule has 2 heterocycles. The maximum atomic E-state index is 12.1. The lowest BCUT2D eigenvalue weighted by Crippen LogP contribution is -2.66. The van der Waals surface area contributed by atoms with Crippen molar-refractivity contribution in [1.82, 2.24) is 0 Å². The van der Waals surface area contributed by atoms with E-state index in [1.807, 2.05) is 19.9 Å². The van der Waals surface area contributed by atoms with Gasteiger partial charge in [-0.1, -0.05) is 24.6 Å². The summed E-state index contributed by atoms with van der Waals surface area (Å²) in [5.41, 5.74) is -0.874. The lowest BCUT2D eigenvalue weighted by atomic mass is 9.51. The molecule has 1 saturated carbocycles. The number of epoxide rings is 1. The van der Waals surface area contributed by atoms with Gasteiger partial charge in [-0.15, -0.1) is 0 Å². The van der Waals surface area contributed by atoms with Crippen molar-refractivity contribution in [2.24, 2.45) is 10.8 Å². The van der Waals surface area contributed by atoms with Crippen LogP contribution in [0.2, 0.25) is 0 Å². The Morgan fingerprint density at radius 2 is 2.24 bits per heavy atom. The van der Waals surface area contributed by atoms with E-state index >= 15 is 0 Å². The van der Waals surface area contributed by atoms with Crippen molar-refractivity contribution in [3.05, 3.63) is 23.8 Å². The first-order chi connectivity index (χ1) is 11.9. The van der Waals surface area contributed by atoms with E-state index < -0.39 is 40.7 Å². The summed E-state index contributed by atoms with van der Waals surface area (Å²) in [5, 5.41) is 21.4. The fourth-order valence-corrected chi connectivity index (χ4v) is 5.52. The van der Waals surface area contributed by atoms with Crippen molar-refractivity contribution in [3.63, 3.8) is 0 Å². The summed E-state index contributed by atoms with van der Waals surface area (Å²) in [6.45, 7) is 6.10. The number of carbonyl (C=O) groups is 1. The van der Waals surface area contributed by atoms with Crippen LogP contribution in [0.4, 0.5) is 0 Å². The molecule has 6 heteroatoms. The number of hydrogen-bond donors (Lipinski definition) is 2. The highest BCUT2D eigenvalue weighted by Crippen LogP contribution is 2.71. The van der Waals surface area contributed by atoms with Crippen molar-refractivity contribution >= 4 is 5.97 Å². The van der Waals surface area contributed by atoms with Crippen LogP contribution in [0, 0.1) is 10.8 Å². The number of allylic oxidation sites excluding steroid dienone is 2. The Labute approximate surface area is 147 Å². The zero-order valence-electron chi connectivity index (χ0n) is 14.9. The van der Waals surface area contributed by atoms with E-state index in [4.69, 9.17) is 14.2 Å². The Bertz CT molecular complexity index is 650. The maximum absolute atomic E-state index is 12.1. The minimum atomic E-state index is -0.982.